The van der Waals surface area contributed by atoms with Crippen LogP contribution in [0.5, 0.6) is 5.75 Å². The average Bonchev–Trinajstić information content (AvgIpc) is 2.79. The third-order valence-corrected chi connectivity index (χ3v) is 5.94. The number of carbonyl (C=O) groups excluding carboxylic acids is 1. The van der Waals surface area contributed by atoms with E-state index in [0.717, 1.165) is 11.1 Å². The molecule has 31 heavy (non-hydrogen) atoms. The Labute approximate surface area is 181 Å². The zero-order valence-electron chi connectivity index (χ0n) is 16.8. The van der Waals surface area contributed by atoms with Gasteiger partial charge in [0.25, 0.3) is 5.91 Å². The van der Waals surface area contributed by atoms with Crippen LogP contribution >= 0.6 is 0 Å². The van der Waals surface area contributed by atoms with Crippen molar-refractivity contribution in [1.29, 1.82) is 5.26 Å². The largest absolute Gasteiger partial charge is 0.495 e. The van der Waals surface area contributed by atoms with Crippen molar-refractivity contribution in [3.8, 4) is 11.8 Å². The van der Waals surface area contributed by atoms with Crippen molar-refractivity contribution in [3.63, 3.8) is 0 Å². The maximum Gasteiger partial charge on any atom is 0.255 e. The molecule has 8 heteroatoms. The SMILES string of the molecule is COc1ccc(C(=O)Nc2ccc(CC#N)cc2)cc1S(=O)(=O)NCc1ccccc1. The number of benzene rings is 3. The molecule has 0 unspecified atom stereocenters. The molecule has 0 atom stereocenters. The standard InChI is InChI=1S/C23H21N3O4S/c1-30-21-12-9-19(23(27)26-20-10-7-17(8-11-20)13-14-24)15-22(21)31(28,29)25-16-18-5-3-2-4-6-18/h2-12,15,25H,13,16H2,1H3,(H,26,27). The molecule has 0 saturated heterocycles. The lowest BCUT2D eigenvalue weighted by atomic mass is 10.1. The molecule has 0 radical (unpaired) electrons. The Hall–Kier alpha value is -3.67. The zero-order valence-corrected chi connectivity index (χ0v) is 17.6. The van der Waals surface area contributed by atoms with Gasteiger partial charge in [-0.2, -0.15) is 5.26 Å². The van der Waals surface area contributed by atoms with Crippen molar-refractivity contribution in [2.75, 3.05) is 12.4 Å². The highest BCUT2D eigenvalue weighted by Gasteiger charge is 2.21. The first-order valence-electron chi connectivity index (χ1n) is 9.42. The fourth-order valence-electron chi connectivity index (χ4n) is 2.88. The number of carbonyl (C=O) groups is 1. The van der Waals surface area contributed by atoms with E-state index in [1.165, 1.54) is 25.3 Å². The lowest BCUT2D eigenvalue weighted by Gasteiger charge is -2.13. The average molecular weight is 436 g/mol. The van der Waals surface area contributed by atoms with E-state index in [9.17, 15) is 13.2 Å². The van der Waals surface area contributed by atoms with Crippen LogP contribution < -0.4 is 14.8 Å². The van der Waals surface area contributed by atoms with Gasteiger partial charge < -0.3 is 10.1 Å². The van der Waals surface area contributed by atoms with Crippen LogP contribution in [0.2, 0.25) is 0 Å². The number of methoxy groups -OCH3 is 1. The highest BCUT2D eigenvalue weighted by Crippen LogP contribution is 2.25. The lowest BCUT2D eigenvalue weighted by Crippen LogP contribution is -2.24. The monoisotopic (exact) mass is 435 g/mol. The molecule has 0 bridgehead atoms. The molecule has 158 valence electrons. The number of hydrogen-bond donors (Lipinski definition) is 2. The fourth-order valence-corrected chi connectivity index (χ4v) is 4.09. The molecule has 0 aliphatic heterocycles. The predicted octanol–water partition coefficient (Wildman–Crippen LogP) is 3.49. The van der Waals surface area contributed by atoms with Gasteiger partial charge >= 0.3 is 0 Å². The number of ether oxygens (including phenoxy) is 1. The molecule has 1 amide bonds. The topological polar surface area (TPSA) is 108 Å². The summed E-state index contributed by atoms with van der Waals surface area (Å²) in [4.78, 5) is 12.5. The van der Waals surface area contributed by atoms with Crippen LogP contribution in [0.3, 0.4) is 0 Å². The van der Waals surface area contributed by atoms with Gasteiger partial charge in [0.05, 0.1) is 19.6 Å². The first kappa shape index (κ1) is 22.0. The second kappa shape index (κ2) is 9.89. The van der Waals surface area contributed by atoms with Gasteiger partial charge in [0, 0.05) is 17.8 Å². The van der Waals surface area contributed by atoms with Gasteiger partial charge in [0.15, 0.2) is 0 Å². The number of nitriles is 1. The molecule has 2 N–H and O–H groups in total. The molecule has 0 spiro atoms. The number of nitrogens with zero attached hydrogens (tertiary/aromatic N) is 1. The molecular weight excluding hydrogens is 414 g/mol. The van der Waals surface area contributed by atoms with E-state index >= 15 is 0 Å². The summed E-state index contributed by atoms with van der Waals surface area (Å²) in [5, 5.41) is 11.5. The second-order valence-electron chi connectivity index (χ2n) is 6.66. The van der Waals surface area contributed by atoms with E-state index in [0.29, 0.717) is 5.69 Å². The Morgan fingerprint density at radius 2 is 1.71 bits per heavy atom. The summed E-state index contributed by atoms with van der Waals surface area (Å²) in [5.74, 6) is -0.326. The molecule has 0 aliphatic carbocycles. The van der Waals surface area contributed by atoms with E-state index in [1.54, 1.807) is 24.3 Å². The Kier molecular flexibility index (Phi) is 7.03. The quantitative estimate of drug-likeness (QED) is 0.563. The Morgan fingerprint density at radius 3 is 2.35 bits per heavy atom. The lowest BCUT2D eigenvalue weighted by molar-refractivity contribution is 0.102. The molecule has 3 aromatic carbocycles. The van der Waals surface area contributed by atoms with Crippen LogP contribution in [0.1, 0.15) is 21.5 Å². The summed E-state index contributed by atoms with van der Waals surface area (Å²) >= 11 is 0. The normalized spacial score (nSPS) is 10.8. The number of anilines is 1. The summed E-state index contributed by atoms with van der Waals surface area (Å²) in [6.07, 6.45) is 0.282. The third-order valence-electron chi connectivity index (χ3n) is 4.52. The Bertz CT molecular complexity index is 1200. The Balaban J connectivity index is 1.80. The van der Waals surface area contributed by atoms with E-state index in [4.69, 9.17) is 10.00 Å². The van der Waals surface area contributed by atoms with E-state index in [2.05, 4.69) is 16.1 Å². The second-order valence-corrected chi connectivity index (χ2v) is 8.40. The molecule has 7 nitrogen and oxygen atoms in total. The maximum absolute atomic E-state index is 12.9. The first-order chi connectivity index (χ1) is 14.9. The van der Waals surface area contributed by atoms with Crippen LogP contribution in [0.4, 0.5) is 5.69 Å². The molecule has 0 aromatic heterocycles. The number of amides is 1. The van der Waals surface area contributed by atoms with Crippen molar-refractivity contribution in [2.24, 2.45) is 0 Å². The van der Waals surface area contributed by atoms with Crippen molar-refractivity contribution in [1.82, 2.24) is 4.72 Å². The zero-order chi connectivity index (χ0) is 22.3. The minimum absolute atomic E-state index is 0.109. The van der Waals surface area contributed by atoms with Crippen molar-refractivity contribution in [2.45, 2.75) is 17.9 Å². The van der Waals surface area contributed by atoms with Gasteiger partial charge in [0.2, 0.25) is 10.0 Å². The van der Waals surface area contributed by atoms with Gasteiger partial charge in [-0.3, -0.25) is 4.79 Å². The first-order valence-corrected chi connectivity index (χ1v) is 10.9. The molecule has 0 saturated carbocycles. The Morgan fingerprint density at radius 1 is 1.00 bits per heavy atom. The molecule has 0 heterocycles. The summed E-state index contributed by atoms with van der Waals surface area (Å²) in [6, 6.07) is 22.3. The summed E-state index contributed by atoms with van der Waals surface area (Å²) < 4.78 is 33.5. The molecular formula is C23H21N3O4S. The smallest absolute Gasteiger partial charge is 0.255 e. The highest BCUT2D eigenvalue weighted by atomic mass is 32.2. The summed E-state index contributed by atoms with van der Waals surface area (Å²) in [5.41, 5.74) is 2.35. The third kappa shape index (κ3) is 5.69. The summed E-state index contributed by atoms with van der Waals surface area (Å²) in [7, 11) is -2.56. The molecule has 0 aliphatic rings. The van der Waals surface area contributed by atoms with E-state index in [-0.39, 0.29) is 29.2 Å². The number of nitrogens with one attached hydrogen (secondary N) is 2. The van der Waals surface area contributed by atoms with Crippen LogP contribution in [0.25, 0.3) is 0 Å². The summed E-state index contributed by atoms with van der Waals surface area (Å²) in [6.45, 7) is 0.109. The van der Waals surface area contributed by atoms with Crippen LogP contribution in [-0.2, 0) is 23.0 Å². The van der Waals surface area contributed by atoms with E-state index in [1.807, 2.05) is 30.3 Å². The van der Waals surface area contributed by atoms with Gasteiger partial charge in [-0.05, 0) is 41.5 Å². The van der Waals surface area contributed by atoms with Crippen LogP contribution in [-0.4, -0.2) is 21.4 Å². The molecule has 3 rings (SSSR count). The van der Waals surface area contributed by atoms with Gasteiger partial charge in [-0.25, -0.2) is 13.1 Å². The van der Waals surface area contributed by atoms with E-state index < -0.39 is 15.9 Å². The van der Waals surface area contributed by atoms with Crippen molar-refractivity contribution >= 4 is 21.6 Å². The minimum Gasteiger partial charge on any atom is -0.495 e. The number of hydrogen-bond acceptors (Lipinski definition) is 5. The van der Waals surface area contributed by atoms with Crippen molar-refractivity contribution in [3.05, 3.63) is 89.5 Å². The molecule has 0 fully saturated rings. The fraction of sp³-hybridized carbons (Fsp3) is 0.130. The predicted molar refractivity (Wildman–Crippen MR) is 117 cm³/mol. The number of rotatable bonds is 8. The minimum atomic E-state index is -3.93. The van der Waals surface area contributed by atoms with Crippen LogP contribution in [0, 0.1) is 11.3 Å². The van der Waals surface area contributed by atoms with Crippen LogP contribution in [0.15, 0.2) is 77.7 Å². The highest BCUT2D eigenvalue weighted by molar-refractivity contribution is 7.89. The van der Waals surface area contributed by atoms with Gasteiger partial charge in [0.1, 0.15) is 10.6 Å². The van der Waals surface area contributed by atoms with Crippen molar-refractivity contribution < 1.29 is 17.9 Å². The number of sulfonamides is 1. The maximum atomic E-state index is 12.9. The van der Waals surface area contributed by atoms with Gasteiger partial charge in [-0.1, -0.05) is 42.5 Å². The van der Waals surface area contributed by atoms with Gasteiger partial charge in [-0.15, -0.1) is 0 Å². The molecule has 3 aromatic rings.